The van der Waals surface area contributed by atoms with Gasteiger partial charge in [0.2, 0.25) is 0 Å². The topological polar surface area (TPSA) is 175 Å². The van der Waals surface area contributed by atoms with Crippen molar-refractivity contribution in [1.29, 1.82) is 0 Å². The maximum absolute atomic E-state index is 12.5. The van der Waals surface area contributed by atoms with Crippen LogP contribution >= 0.6 is 0 Å². The van der Waals surface area contributed by atoms with E-state index in [9.17, 15) is 40.9 Å². The lowest BCUT2D eigenvalue weighted by atomic mass is 9.82. The Bertz CT molecular complexity index is 3270. The molecule has 4 radical (unpaired) electrons. The van der Waals surface area contributed by atoms with Crippen molar-refractivity contribution in [2.75, 3.05) is 0 Å². The Morgan fingerprint density at radius 3 is 1.61 bits per heavy atom. The van der Waals surface area contributed by atoms with E-state index in [1.54, 1.807) is 42.5 Å². The molecule has 1 aliphatic carbocycles. The molecule has 0 saturated carbocycles. The lowest BCUT2D eigenvalue weighted by Gasteiger charge is -2.20. The predicted octanol–water partition coefficient (Wildman–Crippen LogP) is 9.31. The third-order valence-corrected chi connectivity index (χ3v) is 11.5. The van der Waals surface area contributed by atoms with Crippen molar-refractivity contribution in [3.63, 3.8) is 0 Å². The van der Waals surface area contributed by atoms with Crippen LogP contribution in [0.4, 0.5) is 0 Å². The fourth-order valence-electron chi connectivity index (χ4n) is 8.72. The Hall–Kier alpha value is -7.91. The summed E-state index contributed by atoms with van der Waals surface area (Å²) in [6.07, 6.45) is 11.0. The van der Waals surface area contributed by atoms with E-state index in [0.29, 0.717) is 28.7 Å². The fourth-order valence-corrected chi connectivity index (χ4v) is 8.72. The molecule has 9 nitrogen and oxygen atoms in total. The second-order valence-corrected chi connectivity index (χ2v) is 14.7. The molecule has 8 aromatic rings. The first-order chi connectivity index (χ1) is 29.4. The highest BCUT2D eigenvalue weighted by molar-refractivity contribution is 6.40. The van der Waals surface area contributed by atoms with Gasteiger partial charge in [-0.05, 0) is 85.3 Å². The van der Waals surface area contributed by atoms with Crippen molar-refractivity contribution in [2.24, 2.45) is 0 Å². The van der Waals surface area contributed by atoms with E-state index in [0.717, 1.165) is 38.2 Å². The van der Waals surface area contributed by atoms with Crippen LogP contribution in [0.2, 0.25) is 0 Å². The first kappa shape index (κ1) is 38.6. The number of phenolic OH excluding ortho intramolecular Hbond substituents is 8. The molecule has 0 spiro atoms. The van der Waals surface area contributed by atoms with Crippen molar-refractivity contribution < 1.29 is 45.3 Å². The van der Waals surface area contributed by atoms with Crippen LogP contribution in [-0.2, 0) is 0 Å². The third kappa shape index (κ3) is 5.58. The van der Waals surface area contributed by atoms with Gasteiger partial charge in [0.15, 0.2) is 40.1 Å². The molecule has 0 aliphatic heterocycles. The van der Waals surface area contributed by atoms with Crippen LogP contribution in [0, 0.1) is 0 Å². The molecule has 1 heterocycles. The first-order valence-electron chi connectivity index (χ1n) is 19.2. The molecule has 0 saturated heterocycles. The number of rotatable bonds is 6. The first-order valence-corrected chi connectivity index (χ1v) is 19.2. The highest BCUT2D eigenvalue weighted by Crippen LogP contribution is 2.55. The standard InChI is InChI=1S/C50H34B2O9/c1-3-26(36-31(4-2)61-50-38(36)42(53)33(23-13-6-5-7-14-23)37-39(50)43(54)40(51)47(58)46(37)57)35-29-19-10-8-17-27(29)32(28-18-9-11-20-30(28)35)24-15-12-16-25(22-21-24)34-44(55)48(59)41(52)49(60)45(34)56/h3-11,13-22,53-60H,2,12H2,1H3/b26-3-. The Morgan fingerprint density at radius 2 is 1.05 bits per heavy atom. The summed E-state index contributed by atoms with van der Waals surface area (Å²) < 4.78 is 6.48. The van der Waals surface area contributed by atoms with E-state index in [-0.39, 0.29) is 44.4 Å². The molecule has 0 atom stereocenters. The Labute approximate surface area is 351 Å². The highest BCUT2D eigenvalue weighted by atomic mass is 16.3. The summed E-state index contributed by atoms with van der Waals surface area (Å²) in [4.78, 5) is 0. The van der Waals surface area contributed by atoms with Crippen LogP contribution in [0.3, 0.4) is 0 Å². The van der Waals surface area contributed by atoms with Gasteiger partial charge in [0.1, 0.15) is 33.0 Å². The van der Waals surface area contributed by atoms with E-state index in [1.165, 1.54) is 6.08 Å². The van der Waals surface area contributed by atoms with Gasteiger partial charge in [-0.25, -0.2) is 0 Å². The van der Waals surface area contributed by atoms with Crippen molar-refractivity contribution in [1.82, 2.24) is 0 Å². The zero-order valence-corrected chi connectivity index (χ0v) is 32.5. The molecule has 0 amide bonds. The van der Waals surface area contributed by atoms with E-state index in [4.69, 9.17) is 20.1 Å². The number of aromatic hydroxyl groups is 8. The summed E-state index contributed by atoms with van der Waals surface area (Å²) in [5.41, 5.74) is 3.39. The van der Waals surface area contributed by atoms with Crippen molar-refractivity contribution in [2.45, 2.75) is 13.3 Å². The monoisotopic (exact) mass is 800 g/mol. The number of fused-ring (bicyclic) bond motifs is 5. The summed E-state index contributed by atoms with van der Waals surface area (Å²) in [6, 6.07) is 24.5. The zero-order valence-electron chi connectivity index (χ0n) is 32.5. The lowest BCUT2D eigenvalue weighted by molar-refractivity contribution is 0.376. The maximum Gasteiger partial charge on any atom is 0.168 e. The predicted molar refractivity (Wildman–Crippen MR) is 244 cm³/mol. The Kier molecular flexibility index (Phi) is 9.13. The van der Waals surface area contributed by atoms with E-state index in [2.05, 4.69) is 6.58 Å². The molecular formula is C50H34B2O9. The van der Waals surface area contributed by atoms with Crippen LogP contribution in [-0.4, -0.2) is 56.5 Å². The zero-order chi connectivity index (χ0) is 43.0. The SMILES string of the molecule is [B]c1c(O)c(O)c(C2=CCC=C(c3c4ccccc4c(/C(=C/C)c4c(C=C)oc5c4c(O)c(-c4ccccc4)c4c(O)c(O)c([B])c(O)c45)c4ccccc34)C=C2)c(O)c1O. The molecule has 11 heteroatoms. The van der Waals surface area contributed by atoms with Gasteiger partial charge in [-0.3, -0.25) is 0 Å². The van der Waals surface area contributed by atoms with Crippen molar-refractivity contribution in [3.8, 4) is 57.1 Å². The summed E-state index contributed by atoms with van der Waals surface area (Å²) >= 11 is 0. The highest BCUT2D eigenvalue weighted by Gasteiger charge is 2.32. The Balaban J connectivity index is 1.32. The maximum atomic E-state index is 12.5. The Morgan fingerprint density at radius 1 is 0.541 bits per heavy atom. The minimum atomic E-state index is -0.745. The number of hydrogen-bond acceptors (Lipinski definition) is 9. The molecule has 0 unspecified atom stereocenters. The molecule has 7 aromatic carbocycles. The van der Waals surface area contributed by atoms with Crippen LogP contribution < -0.4 is 10.9 Å². The van der Waals surface area contributed by atoms with Gasteiger partial charge < -0.3 is 45.3 Å². The fraction of sp³-hybridized carbons (Fsp3) is 0.0400. The molecule has 1 aliphatic rings. The number of hydrogen-bond donors (Lipinski definition) is 8. The molecule has 0 bridgehead atoms. The second kappa shape index (κ2) is 14.4. The van der Waals surface area contributed by atoms with Crippen molar-refractivity contribution in [3.05, 3.63) is 144 Å². The molecule has 294 valence electrons. The van der Waals surface area contributed by atoms with E-state index < -0.39 is 51.2 Å². The number of furan rings is 1. The number of benzene rings is 7. The second-order valence-electron chi connectivity index (χ2n) is 14.7. The van der Waals surface area contributed by atoms with Crippen LogP contribution in [0.15, 0.2) is 120 Å². The van der Waals surface area contributed by atoms with Gasteiger partial charge in [0.05, 0.1) is 16.3 Å². The average molecular weight is 800 g/mol. The average Bonchev–Trinajstić information content (AvgIpc) is 3.50. The summed E-state index contributed by atoms with van der Waals surface area (Å²) in [6.45, 7) is 5.93. The smallest absolute Gasteiger partial charge is 0.168 e. The van der Waals surface area contributed by atoms with E-state index >= 15 is 0 Å². The van der Waals surface area contributed by atoms with Crippen LogP contribution in [0.5, 0.6) is 46.0 Å². The minimum Gasteiger partial charge on any atom is -0.508 e. The minimum absolute atomic E-state index is 0.0121. The van der Waals surface area contributed by atoms with Crippen molar-refractivity contribution >= 4 is 92.7 Å². The van der Waals surface area contributed by atoms with Gasteiger partial charge in [-0.2, -0.15) is 0 Å². The molecule has 0 fully saturated rings. The quantitative estimate of drug-likeness (QED) is 0.0353. The summed E-state index contributed by atoms with van der Waals surface area (Å²) in [7, 11) is 11.8. The van der Waals surface area contributed by atoms with E-state index in [1.807, 2.05) is 73.7 Å². The largest absolute Gasteiger partial charge is 0.508 e. The molecule has 9 rings (SSSR count). The molecule has 61 heavy (non-hydrogen) atoms. The molecule has 8 N–H and O–H groups in total. The van der Waals surface area contributed by atoms with Gasteiger partial charge in [-0.1, -0.05) is 116 Å². The lowest BCUT2D eigenvalue weighted by Crippen LogP contribution is -2.05. The summed E-state index contributed by atoms with van der Waals surface area (Å²) in [5.74, 6) is -4.76. The molecular weight excluding hydrogens is 766 g/mol. The number of phenols is 8. The normalized spacial score (nSPS) is 13.2. The summed E-state index contributed by atoms with van der Waals surface area (Å²) in [5, 5.41) is 92.2. The van der Waals surface area contributed by atoms with Gasteiger partial charge in [-0.15, -0.1) is 0 Å². The van der Waals surface area contributed by atoms with Gasteiger partial charge in [0.25, 0.3) is 0 Å². The van der Waals surface area contributed by atoms with Gasteiger partial charge in [0, 0.05) is 16.5 Å². The van der Waals surface area contributed by atoms with Crippen LogP contribution in [0.25, 0.3) is 77.2 Å². The molecule has 1 aromatic heterocycles. The third-order valence-electron chi connectivity index (χ3n) is 11.5. The number of allylic oxidation sites excluding steroid dienone is 7. The van der Waals surface area contributed by atoms with Gasteiger partial charge >= 0.3 is 0 Å². The van der Waals surface area contributed by atoms with Crippen LogP contribution in [0.1, 0.15) is 41.4 Å².